The predicted octanol–water partition coefficient (Wildman–Crippen LogP) is 3.04. The van der Waals surface area contributed by atoms with Gasteiger partial charge >= 0.3 is 0 Å². The molecule has 2 aromatic heterocycles. The molecule has 8 heteroatoms. The summed E-state index contributed by atoms with van der Waals surface area (Å²) in [5.41, 5.74) is 3.58. The number of rotatable bonds is 5. The number of aromatic amines is 2. The molecule has 0 aliphatic rings. The van der Waals surface area contributed by atoms with Gasteiger partial charge in [-0.3, -0.25) is 0 Å². The van der Waals surface area contributed by atoms with E-state index >= 15 is 0 Å². The van der Waals surface area contributed by atoms with Crippen LogP contribution in [-0.4, -0.2) is 46.9 Å². The number of nitrogens with zero attached hydrogens (tertiary/aromatic N) is 3. The van der Waals surface area contributed by atoms with E-state index in [-0.39, 0.29) is 0 Å². The smallest absolute Gasteiger partial charge is 0.221 e. The Balaban J connectivity index is 2.01. The molecule has 4 aromatic rings. The molecule has 0 atom stereocenters. The summed E-state index contributed by atoms with van der Waals surface area (Å²) in [5.74, 6) is 2.55. The first-order valence-electron chi connectivity index (χ1n) is 7.91. The number of aromatic nitrogens is 5. The average Bonchev–Trinajstić information content (AvgIpc) is 3.34. The maximum atomic E-state index is 5.46. The van der Waals surface area contributed by atoms with Crippen molar-refractivity contribution in [2.75, 3.05) is 21.3 Å². The first kappa shape index (κ1) is 15.9. The van der Waals surface area contributed by atoms with Crippen molar-refractivity contribution in [2.45, 2.75) is 0 Å². The Morgan fingerprint density at radius 1 is 0.885 bits per heavy atom. The van der Waals surface area contributed by atoms with Gasteiger partial charge in [-0.05, 0) is 29.0 Å². The second-order valence-corrected chi connectivity index (χ2v) is 5.59. The van der Waals surface area contributed by atoms with Gasteiger partial charge in [0.1, 0.15) is 5.75 Å². The van der Waals surface area contributed by atoms with Crippen molar-refractivity contribution in [2.24, 2.45) is 0 Å². The Kier molecular flexibility index (Phi) is 3.92. The van der Waals surface area contributed by atoms with Gasteiger partial charge in [-0.25, -0.2) is 0 Å². The van der Waals surface area contributed by atoms with E-state index in [1.54, 1.807) is 21.3 Å². The van der Waals surface area contributed by atoms with E-state index in [0.29, 0.717) is 17.3 Å². The zero-order chi connectivity index (χ0) is 18.1. The first-order valence-corrected chi connectivity index (χ1v) is 7.91. The summed E-state index contributed by atoms with van der Waals surface area (Å²) >= 11 is 0. The van der Waals surface area contributed by atoms with Gasteiger partial charge in [0, 0.05) is 17.0 Å². The van der Waals surface area contributed by atoms with E-state index in [4.69, 9.17) is 14.2 Å². The molecule has 0 aliphatic carbocycles. The van der Waals surface area contributed by atoms with Crippen LogP contribution in [0.15, 0.2) is 36.4 Å². The van der Waals surface area contributed by atoms with Gasteiger partial charge in [-0.2, -0.15) is 5.21 Å². The van der Waals surface area contributed by atoms with E-state index in [1.807, 2.05) is 36.4 Å². The fourth-order valence-electron chi connectivity index (χ4n) is 3.01. The second kappa shape index (κ2) is 6.40. The Labute approximate surface area is 149 Å². The molecule has 8 nitrogen and oxygen atoms in total. The third-order valence-corrected chi connectivity index (χ3v) is 4.25. The molecule has 2 heterocycles. The van der Waals surface area contributed by atoms with E-state index in [9.17, 15) is 0 Å². The summed E-state index contributed by atoms with van der Waals surface area (Å²) in [5, 5.41) is 15.4. The van der Waals surface area contributed by atoms with Gasteiger partial charge in [0.05, 0.1) is 32.5 Å². The molecule has 0 aliphatic heterocycles. The Morgan fingerprint density at radius 2 is 1.62 bits per heavy atom. The number of tetrazole rings is 1. The highest BCUT2D eigenvalue weighted by Gasteiger charge is 2.20. The summed E-state index contributed by atoms with van der Waals surface area (Å²) < 4.78 is 16.1. The van der Waals surface area contributed by atoms with Crippen LogP contribution in [0.1, 0.15) is 0 Å². The number of nitrogens with one attached hydrogen (secondary N) is 2. The lowest BCUT2D eigenvalue weighted by Crippen LogP contribution is -1.90. The quantitative estimate of drug-likeness (QED) is 0.573. The van der Waals surface area contributed by atoms with E-state index < -0.39 is 0 Å². The van der Waals surface area contributed by atoms with Gasteiger partial charge in [0.15, 0.2) is 11.5 Å². The summed E-state index contributed by atoms with van der Waals surface area (Å²) in [6.07, 6.45) is 0. The van der Waals surface area contributed by atoms with Crippen LogP contribution >= 0.6 is 0 Å². The van der Waals surface area contributed by atoms with Crippen LogP contribution in [0, 0.1) is 0 Å². The highest BCUT2D eigenvalue weighted by atomic mass is 16.5. The Hall–Kier alpha value is -3.55. The topological polar surface area (TPSA) is 97.9 Å². The number of ether oxygens (including phenoxy) is 3. The second-order valence-electron chi connectivity index (χ2n) is 5.59. The van der Waals surface area contributed by atoms with Crippen molar-refractivity contribution in [1.29, 1.82) is 0 Å². The number of methoxy groups -OCH3 is 3. The largest absolute Gasteiger partial charge is 0.497 e. The van der Waals surface area contributed by atoms with E-state index in [2.05, 4.69) is 25.6 Å². The zero-order valence-electron chi connectivity index (χ0n) is 14.5. The Bertz CT molecular complexity index is 1040. The van der Waals surface area contributed by atoms with Crippen molar-refractivity contribution in [1.82, 2.24) is 25.6 Å². The van der Waals surface area contributed by atoms with Crippen molar-refractivity contribution in [3.05, 3.63) is 36.4 Å². The van der Waals surface area contributed by atoms with Crippen LogP contribution in [0.4, 0.5) is 0 Å². The lowest BCUT2D eigenvalue weighted by molar-refractivity contribution is 0.356. The molecular weight excluding hydrogens is 334 g/mol. The van der Waals surface area contributed by atoms with Gasteiger partial charge in [0.25, 0.3) is 0 Å². The predicted molar refractivity (Wildman–Crippen MR) is 96.6 cm³/mol. The number of hydrogen-bond donors (Lipinski definition) is 2. The highest BCUT2D eigenvalue weighted by Crippen LogP contribution is 2.41. The van der Waals surface area contributed by atoms with Crippen LogP contribution in [-0.2, 0) is 0 Å². The van der Waals surface area contributed by atoms with Crippen LogP contribution in [0.25, 0.3) is 33.5 Å². The van der Waals surface area contributed by atoms with Crippen LogP contribution in [0.5, 0.6) is 17.2 Å². The standard InChI is InChI=1S/C18H17N5O3/c1-24-11-6-4-10(5-7-11)16-12-8-14(25-2)15(26-3)9-13(12)19-17(16)18-20-22-23-21-18/h4-9,19H,1-3H3,(H,20,21,22,23). The fraction of sp³-hybridized carbons (Fsp3) is 0.167. The number of hydrogen-bond acceptors (Lipinski definition) is 6. The lowest BCUT2D eigenvalue weighted by Gasteiger charge is -2.08. The third-order valence-electron chi connectivity index (χ3n) is 4.25. The van der Waals surface area contributed by atoms with Gasteiger partial charge in [-0.1, -0.05) is 12.1 Å². The molecule has 0 spiro atoms. The molecule has 0 amide bonds. The normalized spacial score (nSPS) is 10.9. The number of fused-ring (bicyclic) bond motifs is 1. The minimum Gasteiger partial charge on any atom is -0.497 e. The van der Waals surface area contributed by atoms with Crippen molar-refractivity contribution < 1.29 is 14.2 Å². The molecule has 0 saturated heterocycles. The molecule has 132 valence electrons. The molecule has 0 radical (unpaired) electrons. The third kappa shape index (κ3) is 2.52. The molecule has 0 unspecified atom stereocenters. The summed E-state index contributed by atoms with van der Waals surface area (Å²) in [4.78, 5) is 3.37. The van der Waals surface area contributed by atoms with Gasteiger partial charge in [-0.15, -0.1) is 10.2 Å². The minimum absolute atomic E-state index is 0.477. The molecule has 26 heavy (non-hydrogen) atoms. The first-order chi connectivity index (χ1) is 12.7. The number of benzene rings is 2. The molecule has 0 bridgehead atoms. The van der Waals surface area contributed by atoms with Crippen molar-refractivity contribution >= 4 is 10.9 Å². The zero-order valence-corrected chi connectivity index (χ0v) is 14.5. The molecule has 2 aromatic carbocycles. The van der Waals surface area contributed by atoms with Gasteiger partial charge < -0.3 is 19.2 Å². The molecular formula is C18H17N5O3. The van der Waals surface area contributed by atoms with Crippen LogP contribution < -0.4 is 14.2 Å². The summed E-state index contributed by atoms with van der Waals surface area (Å²) in [6.45, 7) is 0. The van der Waals surface area contributed by atoms with Crippen molar-refractivity contribution in [3.63, 3.8) is 0 Å². The Morgan fingerprint density at radius 3 is 2.23 bits per heavy atom. The van der Waals surface area contributed by atoms with E-state index in [0.717, 1.165) is 33.5 Å². The van der Waals surface area contributed by atoms with Crippen LogP contribution in [0.2, 0.25) is 0 Å². The lowest BCUT2D eigenvalue weighted by atomic mass is 10.0. The monoisotopic (exact) mass is 351 g/mol. The maximum Gasteiger partial charge on any atom is 0.221 e. The molecule has 0 fully saturated rings. The van der Waals surface area contributed by atoms with Gasteiger partial charge in [0.2, 0.25) is 5.82 Å². The molecule has 4 rings (SSSR count). The number of H-pyrrole nitrogens is 2. The highest BCUT2D eigenvalue weighted by molar-refractivity contribution is 6.04. The summed E-state index contributed by atoms with van der Waals surface area (Å²) in [6, 6.07) is 11.6. The fourth-order valence-corrected chi connectivity index (χ4v) is 3.01. The van der Waals surface area contributed by atoms with E-state index in [1.165, 1.54) is 0 Å². The molecule has 0 saturated carbocycles. The minimum atomic E-state index is 0.477. The SMILES string of the molecule is COc1ccc(-c2c(-c3nn[nH]n3)[nH]c3cc(OC)c(OC)cc23)cc1. The van der Waals surface area contributed by atoms with Crippen LogP contribution in [0.3, 0.4) is 0 Å². The van der Waals surface area contributed by atoms with Crippen molar-refractivity contribution in [3.8, 4) is 39.9 Å². The summed E-state index contributed by atoms with van der Waals surface area (Å²) in [7, 11) is 4.86. The maximum absolute atomic E-state index is 5.46. The molecule has 2 N–H and O–H groups in total. The average molecular weight is 351 g/mol.